The molecule has 2 fully saturated rings. The summed E-state index contributed by atoms with van der Waals surface area (Å²) >= 11 is 8.22. The summed E-state index contributed by atoms with van der Waals surface area (Å²) in [5.74, 6) is 0.150. The number of carbonyl (C=O) groups is 2. The number of aliphatic imine (C=N–C) groups is 1. The Morgan fingerprint density at radius 2 is 2.23 bits per heavy atom. The molecule has 1 aromatic heterocycles. The number of halogens is 1. The number of aryl methyl sites for hydroxylation is 1. The average Bonchev–Trinajstić information content (AvgIpc) is 3.36. The van der Waals surface area contributed by atoms with Gasteiger partial charge in [-0.2, -0.15) is 5.26 Å². The minimum atomic E-state index is -0.728. The molecule has 2 aliphatic rings. The molecule has 160 valence electrons. The van der Waals surface area contributed by atoms with Crippen LogP contribution in [0.4, 0.5) is 0 Å². The highest BCUT2D eigenvalue weighted by atomic mass is 35.5. The third kappa shape index (κ3) is 4.05. The van der Waals surface area contributed by atoms with Crippen LogP contribution < -0.4 is 0 Å². The molecule has 0 atom stereocenters. The minimum absolute atomic E-state index is 0.0694. The lowest BCUT2D eigenvalue weighted by Crippen LogP contribution is -2.24. The normalized spacial score (nSPS) is 17.1. The maximum absolute atomic E-state index is 13.5. The number of thioether (sulfide) groups is 1. The van der Waals surface area contributed by atoms with Crippen molar-refractivity contribution in [3.8, 4) is 6.19 Å². The molecular weight excluding hydrogens is 440 g/mol. The number of ketones is 1. The largest absolute Gasteiger partial charge is 0.464 e. The third-order valence-corrected chi connectivity index (χ3v) is 6.78. The SMILES string of the molecule is COC(=O)c1noc(C2CC2)c1C(=O)c1ccc(C)c(CN2CCSC2=NC#N)c1Cl. The van der Waals surface area contributed by atoms with Crippen molar-refractivity contribution >= 4 is 40.3 Å². The van der Waals surface area contributed by atoms with Crippen molar-refractivity contribution in [2.45, 2.75) is 32.2 Å². The van der Waals surface area contributed by atoms with Crippen molar-refractivity contribution in [1.29, 1.82) is 5.26 Å². The first-order valence-electron chi connectivity index (χ1n) is 9.71. The lowest BCUT2D eigenvalue weighted by Gasteiger charge is -2.20. The summed E-state index contributed by atoms with van der Waals surface area (Å²) < 4.78 is 10.1. The molecule has 4 rings (SSSR count). The fraction of sp³-hybridized carbons (Fsp3) is 0.381. The van der Waals surface area contributed by atoms with Gasteiger partial charge in [0.1, 0.15) is 5.56 Å². The van der Waals surface area contributed by atoms with Crippen molar-refractivity contribution < 1.29 is 18.8 Å². The highest BCUT2D eigenvalue weighted by Gasteiger charge is 2.38. The lowest BCUT2D eigenvalue weighted by molar-refractivity contribution is 0.0586. The van der Waals surface area contributed by atoms with Gasteiger partial charge in [-0.15, -0.1) is 4.99 Å². The molecule has 0 radical (unpaired) electrons. The number of esters is 1. The molecule has 0 spiro atoms. The molecule has 1 aliphatic heterocycles. The molecule has 2 heterocycles. The van der Waals surface area contributed by atoms with E-state index in [1.54, 1.807) is 6.07 Å². The average molecular weight is 459 g/mol. The smallest absolute Gasteiger partial charge is 0.361 e. The van der Waals surface area contributed by atoms with Gasteiger partial charge in [-0.1, -0.05) is 34.6 Å². The molecule has 0 amide bonds. The number of benzene rings is 1. The van der Waals surface area contributed by atoms with E-state index in [1.165, 1.54) is 18.9 Å². The van der Waals surface area contributed by atoms with E-state index in [2.05, 4.69) is 10.1 Å². The van der Waals surface area contributed by atoms with Crippen molar-refractivity contribution in [3.63, 3.8) is 0 Å². The number of nitrogens with zero attached hydrogens (tertiary/aromatic N) is 4. The zero-order chi connectivity index (χ0) is 22.1. The summed E-state index contributed by atoms with van der Waals surface area (Å²) in [6.07, 6.45) is 3.57. The topological polar surface area (TPSA) is 109 Å². The molecule has 1 saturated carbocycles. The number of carbonyl (C=O) groups excluding carboxylic acids is 2. The molecule has 0 N–H and O–H groups in total. The lowest BCUT2D eigenvalue weighted by atomic mass is 9.96. The van der Waals surface area contributed by atoms with Gasteiger partial charge in [0.15, 0.2) is 10.9 Å². The molecular formula is C21H19ClN4O4S. The maximum atomic E-state index is 13.5. The van der Waals surface area contributed by atoms with E-state index in [0.29, 0.717) is 22.5 Å². The first kappa shape index (κ1) is 21.4. The molecule has 8 nitrogen and oxygen atoms in total. The first-order chi connectivity index (χ1) is 15.0. The molecule has 1 aromatic carbocycles. The Labute approximate surface area is 188 Å². The second-order valence-electron chi connectivity index (χ2n) is 7.35. The minimum Gasteiger partial charge on any atom is -0.464 e. The van der Waals surface area contributed by atoms with E-state index in [1.807, 2.05) is 24.1 Å². The van der Waals surface area contributed by atoms with Gasteiger partial charge in [0, 0.05) is 30.3 Å². The van der Waals surface area contributed by atoms with Crippen LogP contribution in [0.5, 0.6) is 0 Å². The second-order valence-corrected chi connectivity index (χ2v) is 8.79. The van der Waals surface area contributed by atoms with Gasteiger partial charge in [0.25, 0.3) is 0 Å². The summed E-state index contributed by atoms with van der Waals surface area (Å²) in [5, 5.41) is 13.7. The second kappa shape index (κ2) is 8.73. The Morgan fingerprint density at radius 3 is 2.90 bits per heavy atom. The monoisotopic (exact) mass is 458 g/mol. The number of hydrogen-bond acceptors (Lipinski definition) is 8. The van der Waals surface area contributed by atoms with Crippen LogP contribution in [0.25, 0.3) is 0 Å². The Bertz CT molecular complexity index is 1130. The highest BCUT2D eigenvalue weighted by molar-refractivity contribution is 8.14. The number of rotatable bonds is 6. The van der Waals surface area contributed by atoms with Crippen LogP contribution >= 0.6 is 23.4 Å². The van der Waals surface area contributed by atoms with Crippen LogP contribution in [0.3, 0.4) is 0 Å². The molecule has 31 heavy (non-hydrogen) atoms. The van der Waals surface area contributed by atoms with Crippen LogP contribution in [0, 0.1) is 18.4 Å². The van der Waals surface area contributed by atoms with Gasteiger partial charge in [-0.05, 0) is 37.0 Å². The maximum Gasteiger partial charge on any atom is 0.361 e. The standard InChI is InChI=1S/C21H19ClN4O4S/c1-11-3-6-13(16(22)14(11)9-26-7-8-31-21(26)24-10-23)18(27)15-17(20(28)29-2)25-30-19(15)12-4-5-12/h3,6,12H,4-5,7-9H2,1-2H3. The van der Waals surface area contributed by atoms with Crippen molar-refractivity contribution in [3.05, 3.63) is 50.9 Å². The van der Waals surface area contributed by atoms with Gasteiger partial charge >= 0.3 is 5.97 Å². The molecule has 1 aliphatic carbocycles. The van der Waals surface area contributed by atoms with Crippen LogP contribution in [0.1, 0.15) is 62.1 Å². The Kier molecular flexibility index (Phi) is 6.03. The van der Waals surface area contributed by atoms with E-state index >= 15 is 0 Å². The third-order valence-electron chi connectivity index (χ3n) is 5.35. The number of ether oxygens (including phenoxy) is 1. The van der Waals surface area contributed by atoms with E-state index in [-0.39, 0.29) is 22.7 Å². The molecule has 1 saturated heterocycles. The van der Waals surface area contributed by atoms with E-state index in [0.717, 1.165) is 36.3 Å². The van der Waals surface area contributed by atoms with Gasteiger partial charge < -0.3 is 14.2 Å². The van der Waals surface area contributed by atoms with E-state index in [9.17, 15) is 9.59 Å². The Hall–Kier alpha value is -2.83. The summed E-state index contributed by atoms with van der Waals surface area (Å²) in [5.41, 5.74) is 1.94. The molecule has 10 heteroatoms. The predicted molar refractivity (Wildman–Crippen MR) is 115 cm³/mol. The molecule has 0 unspecified atom stereocenters. The number of nitriles is 1. The summed E-state index contributed by atoms with van der Waals surface area (Å²) in [7, 11) is 1.23. The fourth-order valence-corrected chi connectivity index (χ4v) is 4.82. The van der Waals surface area contributed by atoms with Crippen molar-refractivity contribution in [2.24, 2.45) is 4.99 Å². The van der Waals surface area contributed by atoms with Crippen molar-refractivity contribution in [2.75, 3.05) is 19.4 Å². The first-order valence-corrected chi connectivity index (χ1v) is 11.1. The number of amidine groups is 1. The number of hydrogen-bond donors (Lipinski definition) is 0. The fourth-order valence-electron chi connectivity index (χ4n) is 3.52. The van der Waals surface area contributed by atoms with Crippen LogP contribution in [-0.4, -0.2) is 46.4 Å². The zero-order valence-electron chi connectivity index (χ0n) is 17.0. The number of aromatic nitrogens is 1. The van der Waals surface area contributed by atoms with Crippen molar-refractivity contribution in [1.82, 2.24) is 10.1 Å². The number of methoxy groups -OCH3 is 1. The van der Waals surface area contributed by atoms with Gasteiger partial charge in [0.2, 0.25) is 17.7 Å². The zero-order valence-corrected chi connectivity index (χ0v) is 18.5. The van der Waals surface area contributed by atoms with Gasteiger partial charge in [-0.25, -0.2) is 4.79 Å². The van der Waals surface area contributed by atoms with Crippen LogP contribution in [-0.2, 0) is 11.3 Å². The Morgan fingerprint density at radius 1 is 1.45 bits per heavy atom. The van der Waals surface area contributed by atoms with Gasteiger partial charge in [0.05, 0.1) is 12.1 Å². The van der Waals surface area contributed by atoms with Gasteiger partial charge in [-0.3, -0.25) is 4.79 Å². The summed E-state index contributed by atoms with van der Waals surface area (Å²) in [6.45, 7) is 3.06. The summed E-state index contributed by atoms with van der Waals surface area (Å²) in [4.78, 5) is 31.5. The van der Waals surface area contributed by atoms with E-state index < -0.39 is 11.8 Å². The summed E-state index contributed by atoms with van der Waals surface area (Å²) in [6, 6.07) is 3.47. The quantitative estimate of drug-likeness (QED) is 0.364. The van der Waals surface area contributed by atoms with Crippen LogP contribution in [0.2, 0.25) is 5.02 Å². The molecule has 0 bridgehead atoms. The Balaban J connectivity index is 1.73. The highest BCUT2D eigenvalue weighted by Crippen LogP contribution is 2.43. The van der Waals surface area contributed by atoms with E-state index in [4.69, 9.17) is 26.1 Å². The predicted octanol–water partition coefficient (Wildman–Crippen LogP) is 3.92. The molecule has 2 aromatic rings. The van der Waals surface area contributed by atoms with Crippen LogP contribution in [0.15, 0.2) is 21.6 Å².